The van der Waals surface area contributed by atoms with E-state index in [2.05, 4.69) is 38.2 Å². The van der Waals surface area contributed by atoms with Gasteiger partial charge in [0.2, 0.25) is 0 Å². The lowest BCUT2D eigenvalue weighted by Crippen LogP contribution is -2.19. The normalized spacial score (nSPS) is 13.1. The lowest BCUT2D eigenvalue weighted by molar-refractivity contribution is 0.445. The zero-order valence-electron chi connectivity index (χ0n) is 10.9. The van der Waals surface area contributed by atoms with Crippen molar-refractivity contribution in [3.63, 3.8) is 0 Å². The molecule has 0 aliphatic carbocycles. The Balaban J connectivity index is 2.20. The minimum absolute atomic E-state index is 0.286. The van der Waals surface area contributed by atoms with Crippen LogP contribution in [0.3, 0.4) is 0 Å². The SMILES string of the molecule is CCCCNC(C)c1oc2ccccc2c1C. The van der Waals surface area contributed by atoms with Gasteiger partial charge in [-0.25, -0.2) is 0 Å². The molecule has 92 valence electrons. The maximum atomic E-state index is 5.93. The van der Waals surface area contributed by atoms with Crippen LogP contribution in [0.25, 0.3) is 11.0 Å². The van der Waals surface area contributed by atoms with E-state index in [9.17, 15) is 0 Å². The largest absolute Gasteiger partial charge is 0.459 e. The second-order valence-corrected chi connectivity index (χ2v) is 4.62. The third-order valence-electron chi connectivity index (χ3n) is 3.25. The van der Waals surface area contributed by atoms with Crippen LogP contribution in [0, 0.1) is 6.92 Å². The molecule has 0 fully saturated rings. The van der Waals surface area contributed by atoms with Crippen molar-refractivity contribution in [2.24, 2.45) is 0 Å². The van der Waals surface area contributed by atoms with Crippen LogP contribution >= 0.6 is 0 Å². The molecule has 2 rings (SSSR count). The Labute approximate surface area is 103 Å². The molecule has 0 bridgehead atoms. The summed E-state index contributed by atoms with van der Waals surface area (Å²) in [5.74, 6) is 1.07. The van der Waals surface area contributed by atoms with Crippen molar-refractivity contribution in [3.05, 3.63) is 35.6 Å². The summed E-state index contributed by atoms with van der Waals surface area (Å²) < 4.78 is 5.93. The minimum Gasteiger partial charge on any atom is -0.459 e. The Hall–Kier alpha value is -1.28. The molecule has 0 aliphatic rings. The summed E-state index contributed by atoms with van der Waals surface area (Å²) in [6.45, 7) is 7.56. The summed E-state index contributed by atoms with van der Waals surface area (Å²) >= 11 is 0. The molecule has 1 aromatic heterocycles. The van der Waals surface area contributed by atoms with Gasteiger partial charge in [0.25, 0.3) is 0 Å². The van der Waals surface area contributed by atoms with Crippen LogP contribution in [0.1, 0.15) is 44.1 Å². The topological polar surface area (TPSA) is 25.2 Å². The van der Waals surface area contributed by atoms with Crippen molar-refractivity contribution < 1.29 is 4.42 Å². The number of hydrogen-bond acceptors (Lipinski definition) is 2. The van der Waals surface area contributed by atoms with E-state index >= 15 is 0 Å². The number of benzene rings is 1. The highest BCUT2D eigenvalue weighted by atomic mass is 16.3. The van der Waals surface area contributed by atoms with E-state index in [4.69, 9.17) is 4.42 Å². The van der Waals surface area contributed by atoms with Gasteiger partial charge in [0.05, 0.1) is 6.04 Å². The van der Waals surface area contributed by atoms with Gasteiger partial charge in [-0.3, -0.25) is 0 Å². The Morgan fingerprint density at radius 1 is 1.29 bits per heavy atom. The highest BCUT2D eigenvalue weighted by Gasteiger charge is 2.15. The Bertz CT molecular complexity index is 487. The predicted octanol–water partition coefficient (Wildman–Crippen LogP) is 4.19. The first kappa shape index (κ1) is 12.2. The Kier molecular flexibility index (Phi) is 3.85. The minimum atomic E-state index is 0.286. The zero-order valence-corrected chi connectivity index (χ0v) is 10.9. The van der Waals surface area contributed by atoms with E-state index < -0.39 is 0 Å². The monoisotopic (exact) mass is 231 g/mol. The van der Waals surface area contributed by atoms with E-state index in [1.807, 2.05) is 12.1 Å². The summed E-state index contributed by atoms with van der Waals surface area (Å²) in [6.07, 6.45) is 2.43. The summed E-state index contributed by atoms with van der Waals surface area (Å²) in [5, 5.41) is 4.74. The Morgan fingerprint density at radius 2 is 2.06 bits per heavy atom. The van der Waals surface area contributed by atoms with Gasteiger partial charge in [-0.2, -0.15) is 0 Å². The number of hydrogen-bond donors (Lipinski definition) is 1. The maximum Gasteiger partial charge on any atom is 0.134 e. The van der Waals surface area contributed by atoms with Gasteiger partial charge in [-0.05, 0) is 38.4 Å². The quantitative estimate of drug-likeness (QED) is 0.780. The van der Waals surface area contributed by atoms with E-state index in [-0.39, 0.29) is 6.04 Å². The van der Waals surface area contributed by atoms with Gasteiger partial charge in [0, 0.05) is 5.39 Å². The summed E-state index contributed by atoms with van der Waals surface area (Å²) in [6, 6.07) is 8.52. The van der Waals surface area contributed by atoms with Crippen molar-refractivity contribution in [3.8, 4) is 0 Å². The van der Waals surface area contributed by atoms with Gasteiger partial charge in [-0.15, -0.1) is 0 Å². The lowest BCUT2D eigenvalue weighted by atomic mass is 10.1. The molecule has 0 saturated carbocycles. The number of nitrogens with one attached hydrogen (secondary N) is 1. The third kappa shape index (κ3) is 2.52. The molecule has 17 heavy (non-hydrogen) atoms. The van der Waals surface area contributed by atoms with Crippen molar-refractivity contribution in [1.82, 2.24) is 5.32 Å². The van der Waals surface area contributed by atoms with Crippen LogP contribution in [0.2, 0.25) is 0 Å². The fourth-order valence-electron chi connectivity index (χ4n) is 2.19. The highest BCUT2D eigenvalue weighted by Crippen LogP contribution is 2.28. The predicted molar refractivity (Wildman–Crippen MR) is 72.3 cm³/mol. The second kappa shape index (κ2) is 5.37. The van der Waals surface area contributed by atoms with Crippen molar-refractivity contribution in [1.29, 1.82) is 0 Å². The van der Waals surface area contributed by atoms with Crippen molar-refractivity contribution in [2.45, 2.75) is 39.7 Å². The molecule has 1 unspecified atom stereocenters. The van der Waals surface area contributed by atoms with E-state index in [1.165, 1.54) is 23.8 Å². The molecule has 0 saturated heterocycles. The molecule has 1 heterocycles. The fraction of sp³-hybridized carbons (Fsp3) is 0.467. The molecule has 1 aromatic carbocycles. The van der Waals surface area contributed by atoms with E-state index in [0.717, 1.165) is 17.9 Å². The first-order valence-electron chi connectivity index (χ1n) is 6.45. The van der Waals surface area contributed by atoms with Crippen LogP contribution < -0.4 is 5.32 Å². The number of furan rings is 1. The van der Waals surface area contributed by atoms with Gasteiger partial charge < -0.3 is 9.73 Å². The van der Waals surface area contributed by atoms with Crippen LogP contribution in [0.15, 0.2) is 28.7 Å². The smallest absolute Gasteiger partial charge is 0.134 e. The van der Waals surface area contributed by atoms with Crippen LogP contribution in [0.4, 0.5) is 0 Å². The molecule has 2 heteroatoms. The summed E-state index contributed by atoms with van der Waals surface area (Å²) in [5.41, 5.74) is 2.25. The highest BCUT2D eigenvalue weighted by molar-refractivity contribution is 5.82. The number of fused-ring (bicyclic) bond motifs is 1. The van der Waals surface area contributed by atoms with Crippen molar-refractivity contribution in [2.75, 3.05) is 6.54 Å². The molecule has 2 nitrogen and oxygen atoms in total. The average molecular weight is 231 g/mol. The molecule has 2 aromatic rings. The zero-order chi connectivity index (χ0) is 12.3. The number of unbranched alkanes of at least 4 members (excludes halogenated alkanes) is 1. The number of rotatable bonds is 5. The number of para-hydroxylation sites is 1. The first-order chi connectivity index (χ1) is 8.24. The van der Waals surface area contributed by atoms with Crippen LogP contribution in [0.5, 0.6) is 0 Å². The van der Waals surface area contributed by atoms with Gasteiger partial charge in [-0.1, -0.05) is 31.5 Å². The van der Waals surface area contributed by atoms with Gasteiger partial charge in [0.15, 0.2) is 0 Å². The molecule has 0 amide bonds. The molecule has 1 N–H and O–H groups in total. The first-order valence-corrected chi connectivity index (χ1v) is 6.45. The lowest BCUT2D eigenvalue weighted by Gasteiger charge is -2.11. The van der Waals surface area contributed by atoms with Crippen LogP contribution in [-0.2, 0) is 0 Å². The summed E-state index contributed by atoms with van der Waals surface area (Å²) in [4.78, 5) is 0. The average Bonchev–Trinajstić information content (AvgIpc) is 2.68. The van der Waals surface area contributed by atoms with Gasteiger partial charge in [0.1, 0.15) is 11.3 Å². The maximum absolute atomic E-state index is 5.93. The molecule has 0 aliphatic heterocycles. The number of aryl methyl sites for hydroxylation is 1. The third-order valence-corrected chi connectivity index (χ3v) is 3.25. The molecule has 0 spiro atoms. The Morgan fingerprint density at radius 3 is 2.76 bits per heavy atom. The fourth-order valence-corrected chi connectivity index (χ4v) is 2.19. The molecular formula is C15H21NO. The standard InChI is InChI=1S/C15H21NO/c1-4-5-10-16-12(3)15-11(2)13-8-6-7-9-14(13)17-15/h6-9,12,16H,4-5,10H2,1-3H3. The molecule has 1 atom stereocenters. The summed E-state index contributed by atoms with van der Waals surface area (Å²) in [7, 11) is 0. The van der Waals surface area contributed by atoms with Crippen LogP contribution in [-0.4, -0.2) is 6.54 Å². The van der Waals surface area contributed by atoms with Gasteiger partial charge >= 0.3 is 0 Å². The van der Waals surface area contributed by atoms with E-state index in [0.29, 0.717) is 0 Å². The molecular weight excluding hydrogens is 210 g/mol. The van der Waals surface area contributed by atoms with Crippen molar-refractivity contribution >= 4 is 11.0 Å². The second-order valence-electron chi connectivity index (χ2n) is 4.62. The van der Waals surface area contributed by atoms with E-state index in [1.54, 1.807) is 0 Å². The molecule has 0 radical (unpaired) electrons.